The Balaban J connectivity index is 1.74. The van der Waals surface area contributed by atoms with Gasteiger partial charge in [-0.25, -0.2) is 0 Å². The Morgan fingerprint density at radius 3 is 2.27 bits per heavy atom. The number of amides is 2. The van der Waals surface area contributed by atoms with Gasteiger partial charge in [0.2, 0.25) is 11.8 Å². The molecule has 1 atom stereocenters. The number of ether oxygens (including phenoxy) is 1. The number of carbonyl (C=O) groups excluding carboxylic acids is 2. The lowest BCUT2D eigenvalue weighted by molar-refractivity contribution is -0.140. The van der Waals surface area contributed by atoms with E-state index in [1.54, 1.807) is 12.0 Å². The van der Waals surface area contributed by atoms with Crippen molar-refractivity contribution in [2.45, 2.75) is 57.7 Å². The fraction of sp³-hybridized carbons (Fsp3) is 0.417. The maximum Gasteiger partial charge on any atom is 0.242 e. The van der Waals surface area contributed by atoms with Gasteiger partial charge in [0.1, 0.15) is 11.8 Å². The van der Waals surface area contributed by atoms with Crippen molar-refractivity contribution in [3.8, 4) is 5.75 Å². The van der Waals surface area contributed by atoms with E-state index >= 15 is 0 Å². The minimum absolute atomic E-state index is 0.0721. The van der Waals surface area contributed by atoms with E-state index in [2.05, 4.69) is 21.2 Å². The van der Waals surface area contributed by atoms with Gasteiger partial charge in [-0.1, -0.05) is 53.0 Å². The second-order valence-corrected chi connectivity index (χ2v) is 8.75. The molecule has 1 saturated carbocycles. The fourth-order valence-electron chi connectivity index (χ4n) is 3.78. The standard InChI is InChI=1S/C24H29BrN2O3/c1-17(24(29)26-21-5-3-4-6-21)27(16-19-7-11-20(25)12-8-19)23(28)15-18-9-13-22(30-2)14-10-18/h7-14,17,21H,3-6,15-16H2,1-2H3,(H,26,29)/t17-/m0/s1. The molecule has 30 heavy (non-hydrogen) atoms. The van der Waals surface area contributed by atoms with E-state index in [0.717, 1.165) is 47.0 Å². The number of carbonyl (C=O) groups is 2. The quantitative estimate of drug-likeness (QED) is 0.616. The van der Waals surface area contributed by atoms with Crippen LogP contribution in [0.4, 0.5) is 0 Å². The maximum atomic E-state index is 13.2. The summed E-state index contributed by atoms with van der Waals surface area (Å²) >= 11 is 3.44. The van der Waals surface area contributed by atoms with Crippen molar-refractivity contribution in [2.24, 2.45) is 0 Å². The molecule has 0 saturated heterocycles. The fourth-order valence-corrected chi connectivity index (χ4v) is 4.04. The predicted octanol–water partition coefficient (Wildman–Crippen LogP) is 4.48. The first-order valence-corrected chi connectivity index (χ1v) is 11.2. The van der Waals surface area contributed by atoms with Gasteiger partial charge in [-0.2, -0.15) is 0 Å². The monoisotopic (exact) mass is 472 g/mol. The van der Waals surface area contributed by atoms with Crippen molar-refractivity contribution >= 4 is 27.7 Å². The first kappa shape index (κ1) is 22.3. The van der Waals surface area contributed by atoms with E-state index in [-0.39, 0.29) is 24.3 Å². The summed E-state index contributed by atoms with van der Waals surface area (Å²) in [6.45, 7) is 2.20. The van der Waals surface area contributed by atoms with Gasteiger partial charge in [-0.05, 0) is 55.2 Å². The SMILES string of the molecule is COc1ccc(CC(=O)N(Cc2ccc(Br)cc2)[C@@H](C)C(=O)NC2CCCC2)cc1. The van der Waals surface area contributed by atoms with E-state index in [9.17, 15) is 9.59 Å². The van der Waals surface area contributed by atoms with Crippen LogP contribution in [0.2, 0.25) is 0 Å². The zero-order chi connectivity index (χ0) is 21.5. The van der Waals surface area contributed by atoms with Gasteiger partial charge >= 0.3 is 0 Å². The summed E-state index contributed by atoms with van der Waals surface area (Å²) in [4.78, 5) is 27.8. The highest BCUT2D eigenvalue weighted by atomic mass is 79.9. The Kier molecular flexibility index (Phi) is 7.91. The lowest BCUT2D eigenvalue weighted by Crippen LogP contribution is -2.50. The summed E-state index contributed by atoms with van der Waals surface area (Å²) in [5, 5.41) is 3.13. The molecule has 1 aliphatic carbocycles. The molecule has 0 radical (unpaired) electrons. The number of methoxy groups -OCH3 is 1. The van der Waals surface area contributed by atoms with E-state index in [1.165, 1.54) is 0 Å². The number of nitrogens with zero attached hydrogens (tertiary/aromatic N) is 1. The Labute approximate surface area is 186 Å². The highest BCUT2D eigenvalue weighted by Crippen LogP contribution is 2.20. The molecule has 6 heteroatoms. The molecule has 2 aromatic rings. The van der Waals surface area contributed by atoms with Crippen molar-refractivity contribution in [1.29, 1.82) is 0 Å². The van der Waals surface area contributed by atoms with Crippen LogP contribution >= 0.6 is 15.9 Å². The zero-order valence-electron chi connectivity index (χ0n) is 17.6. The van der Waals surface area contributed by atoms with Crippen LogP contribution in [0.1, 0.15) is 43.7 Å². The molecule has 0 aliphatic heterocycles. The third-order valence-electron chi connectivity index (χ3n) is 5.65. The van der Waals surface area contributed by atoms with Crippen molar-refractivity contribution in [3.05, 3.63) is 64.1 Å². The number of halogens is 1. The molecule has 1 fully saturated rings. The molecule has 1 N–H and O–H groups in total. The van der Waals surface area contributed by atoms with Crippen LogP contribution in [0.25, 0.3) is 0 Å². The first-order valence-electron chi connectivity index (χ1n) is 10.4. The van der Waals surface area contributed by atoms with Crippen molar-refractivity contribution in [3.63, 3.8) is 0 Å². The average Bonchev–Trinajstić information content (AvgIpc) is 3.26. The van der Waals surface area contributed by atoms with Gasteiger partial charge in [-0.15, -0.1) is 0 Å². The Morgan fingerprint density at radius 2 is 1.67 bits per heavy atom. The Bertz CT molecular complexity index is 846. The molecule has 0 heterocycles. The van der Waals surface area contributed by atoms with E-state index in [1.807, 2.05) is 55.5 Å². The van der Waals surface area contributed by atoms with Crippen molar-refractivity contribution in [2.75, 3.05) is 7.11 Å². The van der Waals surface area contributed by atoms with Crippen LogP contribution in [0.15, 0.2) is 53.0 Å². The summed E-state index contributed by atoms with van der Waals surface area (Å²) in [5.41, 5.74) is 1.88. The summed E-state index contributed by atoms with van der Waals surface area (Å²) < 4.78 is 6.17. The molecular formula is C24H29BrN2O3. The van der Waals surface area contributed by atoms with Crippen LogP contribution in [0, 0.1) is 0 Å². The molecule has 0 unspecified atom stereocenters. The number of hydrogen-bond donors (Lipinski definition) is 1. The van der Waals surface area contributed by atoms with Crippen LogP contribution in [-0.4, -0.2) is 35.9 Å². The lowest BCUT2D eigenvalue weighted by atomic mass is 10.1. The normalized spacial score (nSPS) is 14.9. The predicted molar refractivity (Wildman–Crippen MR) is 121 cm³/mol. The molecule has 0 spiro atoms. The molecule has 2 aromatic carbocycles. The molecule has 0 aromatic heterocycles. The summed E-state index contributed by atoms with van der Waals surface area (Å²) in [5.74, 6) is 0.599. The zero-order valence-corrected chi connectivity index (χ0v) is 19.2. The smallest absolute Gasteiger partial charge is 0.242 e. The third kappa shape index (κ3) is 6.08. The summed E-state index contributed by atoms with van der Waals surface area (Å²) in [7, 11) is 1.62. The molecule has 5 nitrogen and oxygen atoms in total. The van der Waals surface area contributed by atoms with Crippen LogP contribution in [0.3, 0.4) is 0 Å². The highest BCUT2D eigenvalue weighted by molar-refractivity contribution is 9.10. The number of rotatable bonds is 8. The Morgan fingerprint density at radius 1 is 1.07 bits per heavy atom. The van der Waals surface area contributed by atoms with Gasteiger partial charge in [0.15, 0.2) is 0 Å². The van der Waals surface area contributed by atoms with Gasteiger partial charge in [0.05, 0.1) is 13.5 Å². The molecule has 0 bridgehead atoms. The van der Waals surface area contributed by atoms with Gasteiger partial charge < -0.3 is 15.0 Å². The summed E-state index contributed by atoms with van der Waals surface area (Å²) in [6, 6.07) is 15.0. The van der Waals surface area contributed by atoms with Crippen molar-refractivity contribution in [1.82, 2.24) is 10.2 Å². The Hall–Kier alpha value is -2.34. The van der Waals surface area contributed by atoms with Crippen LogP contribution < -0.4 is 10.1 Å². The third-order valence-corrected chi connectivity index (χ3v) is 6.18. The van der Waals surface area contributed by atoms with Gasteiger partial charge in [0.25, 0.3) is 0 Å². The number of benzene rings is 2. The number of hydrogen-bond acceptors (Lipinski definition) is 3. The molecule has 2 amide bonds. The van der Waals surface area contributed by atoms with E-state index in [0.29, 0.717) is 6.54 Å². The van der Waals surface area contributed by atoms with Crippen LogP contribution in [-0.2, 0) is 22.6 Å². The second kappa shape index (κ2) is 10.6. The molecule has 160 valence electrons. The maximum absolute atomic E-state index is 13.2. The largest absolute Gasteiger partial charge is 0.497 e. The van der Waals surface area contributed by atoms with E-state index in [4.69, 9.17) is 4.74 Å². The van der Waals surface area contributed by atoms with Gasteiger partial charge in [-0.3, -0.25) is 9.59 Å². The molecule has 3 rings (SSSR count). The lowest BCUT2D eigenvalue weighted by Gasteiger charge is -2.30. The second-order valence-electron chi connectivity index (χ2n) is 7.84. The van der Waals surface area contributed by atoms with Gasteiger partial charge in [0, 0.05) is 17.1 Å². The summed E-state index contributed by atoms with van der Waals surface area (Å²) in [6.07, 6.45) is 4.58. The minimum Gasteiger partial charge on any atom is -0.497 e. The van der Waals surface area contributed by atoms with Crippen LogP contribution in [0.5, 0.6) is 5.75 Å². The van der Waals surface area contributed by atoms with Crippen molar-refractivity contribution < 1.29 is 14.3 Å². The highest BCUT2D eigenvalue weighted by Gasteiger charge is 2.28. The minimum atomic E-state index is -0.542. The molecule has 1 aliphatic rings. The number of nitrogens with one attached hydrogen (secondary N) is 1. The molecular weight excluding hydrogens is 444 g/mol. The first-order chi connectivity index (χ1) is 14.5. The topological polar surface area (TPSA) is 58.6 Å². The van der Waals surface area contributed by atoms with E-state index < -0.39 is 6.04 Å². The average molecular weight is 473 g/mol.